The van der Waals surface area contributed by atoms with Crippen LogP contribution in [0.3, 0.4) is 0 Å². The molecular weight excluding hydrogens is 204 g/mol. The topological polar surface area (TPSA) is 70.1 Å². The van der Waals surface area contributed by atoms with Crippen LogP contribution in [0.5, 0.6) is 0 Å². The van der Waals surface area contributed by atoms with Crippen molar-refractivity contribution in [3.05, 3.63) is 11.8 Å². The van der Waals surface area contributed by atoms with Gasteiger partial charge in [0.1, 0.15) is 5.82 Å². The summed E-state index contributed by atoms with van der Waals surface area (Å²) in [4.78, 5) is 8.50. The molecule has 1 aromatic heterocycles. The van der Waals surface area contributed by atoms with Crippen LogP contribution in [-0.4, -0.2) is 34.3 Å². The minimum Gasteiger partial charge on any atom is -0.393 e. The van der Waals surface area contributed by atoms with Crippen LogP contribution in [0.1, 0.15) is 25.8 Å². The SMILES string of the molecule is CCNc1ncc(C)c(NCCC(C)O)n1. The fraction of sp³-hybridized carbons (Fsp3) is 0.636. The monoisotopic (exact) mass is 224 g/mol. The molecule has 0 spiro atoms. The molecule has 0 aliphatic carbocycles. The van der Waals surface area contributed by atoms with Gasteiger partial charge in [0.05, 0.1) is 6.10 Å². The maximum Gasteiger partial charge on any atom is 0.224 e. The van der Waals surface area contributed by atoms with E-state index in [1.54, 1.807) is 13.1 Å². The predicted molar refractivity (Wildman–Crippen MR) is 65.7 cm³/mol. The molecule has 16 heavy (non-hydrogen) atoms. The average molecular weight is 224 g/mol. The first kappa shape index (κ1) is 12.7. The number of rotatable bonds is 6. The molecule has 0 radical (unpaired) electrons. The number of aliphatic hydroxyl groups excluding tert-OH is 1. The van der Waals surface area contributed by atoms with Gasteiger partial charge in [-0.15, -0.1) is 0 Å². The lowest BCUT2D eigenvalue weighted by Crippen LogP contribution is -2.12. The van der Waals surface area contributed by atoms with E-state index in [-0.39, 0.29) is 6.10 Å². The summed E-state index contributed by atoms with van der Waals surface area (Å²) in [5, 5.41) is 15.4. The zero-order valence-corrected chi connectivity index (χ0v) is 10.1. The molecule has 5 nitrogen and oxygen atoms in total. The van der Waals surface area contributed by atoms with Crippen molar-refractivity contribution in [1.29, 1.82) is 0 Å². The predicted octanol–water partition coefficient (Wildman–Crippen LogP) is 1.40. The lowest BCUT2D eigenvalue weighted by Gasteiger charge is -2.10. The lowest BCUT2D eigenvalue weighted by molar-refractivity contribution is 0.188. The molecular formula is C11H20N4O. The van der Waals surface area contributed by atoms with Crippen LogP contribution in [0.25, 0.3) is 0 Å². The fourth-order valence-corrected chi connectivity index (χ4v) is 1.26. The van der Waals surface area contributed by atoms with E-state index in [9.17, 15) is 0 Å². The smallest absolute Gasteiger partial charge is 0.224 e. The van der Waals surface area contributed by atoms with E-state index in [4.69, 9.17) is 5.11 Å². The number of nitrogens with zero attached hydrogens (tertiary/aromatic N) is 2. The molecule has 1 aromatic rings. The van der Waals surface area contributed by atoms with Crippen molar-refractivity contribution in [1.82, 2.24) is 9.97 Å². The third-order valence-corrected chi connectivity index (χ3v) is 2.16. The van der Waals surface area contributed by atoms with E-state index in [2.05, 4.69) is 20.6 Å². The Morgan fingerprint density at radius 2 is 2.19 bits per heavy atom. The maximum absolute atomic E-state index is 9.15. The minimum absolute atomic E-state index is 0.289. The second-order valence-corrected chi connectivity index (χ2v) is 3.82. The summed E-state index contributed by atoms with van der Waals surface area (Å²) in [5.41, 5.74) is 1.01. The van der Waals surface area contributed by atoms with Gasteiger partial charge in [-0.1, -0.05) is 0 Å². The normalized spacial score (nSPS) is 12.2. The molecule has 0 saturated carbocycles. The van der Waals surface area contributed by atoms with Gasteiger partial charge in [-0.2, -0.15) is 4.98 Å². The van der Waals surface area contributed by atoms with Crippen LogP contribution < -0.4 is 10.6 Å². The zero-order valence-electron chi connectivity index (χ0n) is 10.1. The van der Waals surface area contributed by atoms with E-state index in [0.29, 0.717) is 18.9 Å². The first-order chi connectivity index (χ1) is 7.63. The molecule has 1 unspecified atom stereocenters. The standard InChI is InChI=1S/C11H20N4O/c1-4-12-11-14-7-8(2)10(15-11)13-6-5-9(3)16/h7,9,16H,4-6H2,1-3H3,(H2,12,13,14,15). The third-order valence-electron chi connectivity index (χ3n) is 2.16. The van der Waals surface area contributed by atoms with E-state index in [1.807, 2.05) is 13.8 Å². The van der Waals surface area contributed by atoms with Crippen LogP contribution in [0.4, 0.5) is 11.8 Å². The molecule has 5 heteroatoms. The van der Waals surface area contributed by atoms with Crippen molar-refractivity contribution < 1.29 is 5.11 Å². The van der Waals surface area contributed by atoms with Crippen LogP contribution in [-0.2, 0) is 0 Å². The molecule has 90 valence electrons. The molecule has 0 amide bonds. The summed E-state index contributed by atoms with van der Waals surface area (Å²) in [5.74, 6) is 1.46. The molecule has 0 fully saturated rings. The van der Waals surface area contributed by atoms with E-state index in [0.717, 1.165) is 17.9 Å². The van der Waals surface area contributed by atoms with Crippen LogP contribution in [0.2, 0.25) is 0 Å². The summed E-state index contributed by atoms with van der Waals surface area (Å²) in [6.45, 7) is 7.25. The van der Waals surface area contributed by atoms with Gasteiger partial charge in [-0.25, -0.2) is 4.98 Å². The summed E-state index contributed by atoms with van der Waals surface area (Å²) in [6, 6.07) is 0. The molecule has 0 saturated heterocycles. The first-order valence-corrected chi connectivity index (χ1v) is 5.63. The molecule has 1 heterocycles. The van der Waals surface area contributed by atoms with Crippen molar-refractivity contribution in [2.75, 3.05) is 23.7 Å². The Bertz CT molecular complexity index is 328. The van der Waals surface area contributed by atoms with E-state index in [1.165, 1.54) is 0 Å². The summed E-state index contributed by atoms with van der Waals surface area (Å²) >= 11 is 0. The number of anilines is 2. The molecule has 0 aliphatic heterocycles. The van der Waals surface area contributed by atoms with Gasteiger partial charge in [-0.3, -0.25) is 0 Å². The lowest BCUT2D eigenvalue weighted by atomic mass is 10.3. The van der Waals surface area contributed by atoms with Gasteiger partial charge in [0.2, 0.25) is 5.95 Å². The average Bonchev–Trinajstić information content (AvgIpc) is 2.22. The molecule has 1 atom stereocenters. The molecule has 0 aromatic carbocycles. The van der Waals surface area contributed by atoms with Gasteiger partial charge in [0.25, 0.3) is 0 Å². The molecule has 0 aliphatic rings. The van der Waals surface area contributed by atoms with Crippen LogP contribution in [0.15, 0.2) is 6.20 Å². The van der Waals surface area contributed by atoms with Crippen molar-refractivity contribution >= 4 is 11.8 Å². The van der Waals surface area contributed by atoms with Gasteiger partial charge >= 0.3 is 0 Å². The van der Waals surface area contributed by atoms with E-state index < -0.39 is 0 Å². The van der Waals surface area contributed by atoms with Crippen LogP contribution >= 0.6 is 0 Å². The van der Waals surface area contributed by atoms with Gasteiger partial charge in [0, 0.05) is 24.8 Å². The number of aromatic nitrogens is 2. The molecule has 0 bridgehead atoms. The molecule has 1 rings (SSSR count). The van der Waals surface area contributed by atoms with Crippen molar-refractivity contribution in [2.24, 2.45) is 0 Å². The highest BCUT2D eigenvalue weighted by Gasteiger charge is 2.03. The molecule has 3 N–H and O–H groups in total. The van der Waals surface area contributed by atoms with Crippen molar-refractivity contribution in [3.63, 3.8) is 0 Å². The summed E-state index contributed by atoms with van der Waals surface area (Å²) < 4.78 is 0. The first-order valence-electron chi connectivity index (χ1n) is 5.63. The number of hydrogen-bond donors (Lipinski definition) is 3. The van der Waals surface area contributed by atoms with Gasteiger partial charge in [-0.05, 0) is 27.2 Å². The third kappa shape index (κ3) is 4.02. The number of aryl methyl sites for hydroxylation is 1. The Labute approximate surface area is 96.3 Å². The highest BCUT2D eigenvalue weighted by molar-refractivity contribution is 5.46. The number of hydrogen-bond acceptors (Lipinski definition) is 5. The van der Waals surface area contributed by atoms with Gasteiger partial charge < -0.3 is 15.7 Å². The second-order valence-electron chi connectivity index (χ2n) is 3.82. The fourth-order valence-electron chi connectivity index (χ4n) is 1.26. The summed E-state index contributed by atoms with van der Waals surface area (Å²) in [7, 11) is 0. The number of aliphatic hydroxyl groups is 1. The second kappa shape index (κ2) is 6.27. The Kier molecular flexibility index (Phi) is 4.98. The highest BCUT2D eigenvalue weighted by Crippen LogP contribution is 2.12. The van der Waals surface area contributed by atoms with E-state index >= 15 is 0 Å². The number of nitrogens with one attached hydrogen (secondary N) is 2. The van der Waals surface area contributed by atoms with Gasteiger partial charge in [0.15, 0.2) is 0 Å². The Balaban J connectivity index is 2.59. The van der Waals surface area contributed by atoms with Crippen molar-refractivity contribution in [2.45, 2.75) is 33.3 Å². The van der Waals surface area contributed by atoms with Crippen molar-refractivity contribution in [3.8, 4) is 0 Å². The Hall–Kier alpha value is -1.36. The maximum atomic E-state index is 9.15. The van der Waals surface area contributed by atoms with Crippen LogP contribution in [0, 0.1) is 6.92 Å². The zero-order chi connectivity index (χ0) is 12.0. The minimum atomic E-state index is -0.289. The Morgan fingerprint density at radius 3 is 2.81 bits per heavy atom. The highest BCUT2D eigenvalue weighted by atomic mass is 16.3. The summed E-state index contributed by atoms with van der Waals surface area (Å²) in [6.07, 6.45) is 2.21. The quantitative estimate of drug-likeness (QED) is 0.681. The Morgan fingerprint density at radius 1 is 1.44 bits per heavy atom. The largest absolute Gasteiger partial charge is 0.393 e.